The molecule has 0 fully saturated rings. The van der Waals surface area contributed by atoms with Gasteiger partial charge in [0, 0.05) is 28.3 Å². The number of hydrogen-bond donors (Lipinski definition) is 1. The molecule has 0 spiro atoms. The van der Waals surface area contributed by atoms with Gasteiger partial charge in [0.05, 0.1) is 0 Å². The van der Waals surface area contributed by atoms with Gasteiger partial charge in [-0.3, -0.25) is 0 Å². The Kier molecular flexibility index (Phi) is 6.01. The standard InChI is InChI=1S/C15H18BrN3S/c1-11(2)9-17-10-12-4-5-13(8-14(12)16)20-15-18-6-3-7-19-15/h3-8,11,17H,9-10H2,1-2H3. The second-order valence-corrected chi connectivity index (χ2v) is 6.81. The van der Waals surface area contributed by atoms with Crippen molar-refractivity contribution in [3.8, 4) is 0 Å². The molecule has 1 heterocycles. The normalized spacial score (nSPS) is 11.0. The highest BCUT2D eigenvalue weighted by Gasteiger charge is 2.04. The van der Waals surface area contributed by atoms with Crippen LogP contribution in [-0.4, -0.2) is 16.5 Å². The second kappa shape index (κ2) is 7.76. The van der Waals surface area contributed by atoms with Gasteiger partial charge in [-0.05, 0) is 48.0 Å². The van der Waals surface area contributed by atoms with E-state index in [0.29, 0.717) is 5.92 Å². The van der Waals surface area contributed by atoms with Crippen molar-refractivity contribution < 1.29 is 0 Å². The van der Waals surface area contributed by atoms with Crippen molar-refractivity contribution in [1.29, 1.82) is 0 Å². The largest absolute Gasteiger partial charge is 0.312 e. The van der Waals surface area contributed by atoms with E-state index in [-0.39, 0.29) is 0 Å². The van der Waals surface area contributed by atoms with E-state index in [2.05, 4.69) is 63.3 Å². The van der Waals surface area contributed by atoms with Crippen molar-refractivity contribution >= 4 is 27.7 Å². The van der Waals surface area contributed by atoms with Gasteiger partial charge >= 0.3 is 0 Å². The van der Waals surface area contributed by atoms with Gasteiger partial charge in [-0.1, -0.05) is 35.8 Å². The molecule has 2 rings (SSSR count). The minimum absolute atomic E-state index is 0.666. The van der Waals surface area contributed by atoms with Crippen LogP contribution >= 0.6 is 27.7 Å². The van der Waals surface area contributed by atoms with Gasteiger partial charge in [-0.15, -0.1) is 0 Å². The fourth-order valence-electron chi connectivity index (χ4n) is 1.67. The molecule has 0 saturated carbocycles. The zero-order valence-corrected chi connectivity index (χ0v) is 14.0. The van der Waals surface area contributed by atoms with Crippen LogP contribution in [0, 0.1) is 5.92 Å². The maximum absolute atomic E-state index is 4.22. The van der Waals surface area contributed by atoms with E-state index in [1.54, 1.807) is 24.2 Å². The SMILES string of the molecule is CC(C)CNCc1ccc(Sc2ncccn2)cc1Br. The fourth-order valence-corrected chi connectivity index (χ4v) is 3.10. The molecule has 20 heavy (non-hydrogen) atoms. The summed E-state index contributed by atoms with van der Waals surface area (Å²) in [4.78, 5) is 9.57. The molecule has 2 aromatic rings. The first kappa shape index (κ1) is 15.5. The molecule has 0 saturated heterocycles. The van der Waals surface area contributed by atoms with E-state index in [0.717, 1.165) is 27.6 Å². The molecule has 1 aromatic carbocycles. The van der Waals surface area contributed by atoms with Gasteiger partial charge in [0.2, 0.25) is 0 Å². The van der Waals surface area contributed by atoms with Gasteiger partial charge in [0.1, 0.15) is 0 Å². The van der Waals surface area contributed by atoms with Crippen LogP contribution in [0.5, 0.6) is 0 Å². The molecule has 0 radical (unpaired) electrons. The quantitative estimate of drug-likeness (QED) is 0.793. The third-order valence-electron chi connectivity index (χ3n) is 2.64. The Labute approximate surface area is 132 Å². The zero-order chi connectivity index (χ0) is 14.4. The molecule has 0 atom stereocenters. The van der Waals surface area contributed by atoms with Crippen LogP contribution in [-0.2, 0) is 6.54 Å². The molecular weight excluding hydrogens is 334 g/mol. The number of benzene rings is 1. The average Bonchev–Trinajstić information content (AvgIpc) is 2.42. The van der Waals surface area contributed by atoms with Crippen molar-refractivity contribution in [3.63, 3.8) is 0 Å². The van der Waals surface area contributed by atoms with Crippen LogP contribution in [0.3, 0.4) is 0 Å². The van der Waals surface area contributed by atoms with E-state index < -0.39 is 0 Å². The predicted octanol–water partition coefficient (Wildman–Crippen LogP) is 4.14. The summed E-state index contributed by atoms with van der Waals surface area (Å²) in [7, 11) is 0. The number of nitrogens with zero attached hydrogens (tertiary/aromatic N) is 2. The fraction of sp³-hybridized carbons (Fsp3) is 0.333. The summed E-state index contributed by atoms with van der Waals surface area (Å²) in [5, 5.41) is 4.22. The third-order valence-corrected chi connectivity index (χ3v) is 4.27. The van der Waals surface area contributed by atoms with Crippen LogP contribution in [0.15, 0.2) is 51.2 Å². The number of aromatic nitrogens is 2. The summed E-state index contributed by atoms with van der Waals surface area (Å²) >= 11 is 5.20. The lowest BCUT2D eigenvalue weighted by Gasteiger charge is -2.10. The van der Waals surface area contributed by atoms with Crippen LogP contribution in [0.2, 0.25) is 0 Å². The van der Waals surface area contributed by atoms with Crippen molar-refractivity contribution in [2.75, 3.05) is 6.54 Å². The van der Waals surface area contributed by atoms with Gasteiger partial charge in [-0.2, -0.15) is 0 Å². The van der Waals surface area contributed by atoms with Crippen molar-refractivity contribution in [2.45, 2.75) is 30.4 Å². The Morgan fingerprint density at radius 3 is 2.65 bits per heavy atom. The van der Waals surface area contributed by atoms with Crippen molar-refractivity contribution in [3.05, 3.63) is 46.7 Å². The monoisotopic (exact) mass is 351 g/mol. The molecule has 5 heteroatoms. The topological polar surface area (TPSA) is 37.8 Å². The minimum Gasteiger partial charge on any atom is -0.312 e. The summed E-state index contributed by atoms with van der Waals surface area (Å²) in [6.07, 6.45) is 3.52. The van der Waals surface area contributed by atoms with Crippen molar-refractivity contribution in [1.82, 2.24) is 15.3 Å². The van der Waals surface area contributed by atoms with Gasteiger partial charge in [0.25, 0.3) is 0 Å². The maximum atomic E-state index is 4.22. The summed E-state index contributed by atoms with van der Waals surface area (Å²) in [6, 6.07) is 8.19. The zero-order valence-electron chi connectivity index (χ0n) is 11.6. The Morgan fingerprint density at radius 2 is 2.00 bits per heavy atom. The number of halogens is 1. The predicted molar refractivity (Wildman–Crippen MR) is 86.8 cm³/mol. The van der Waals surface area contributed by atoms with Crippen LogP contribution in [0.25, 0.3) is 0 Å². The smallest absolute Gasteiger partial charge is 0.192 e. The molecule has 0 aliphatic carbocycles. The molecule has 0 aliphatic rings. The number of nitrogens with one attached hydrogen (secondary N) is 1. The summed E-state index contributed by atoms with van der Waals surface area (Å²) < 4.78 is 1.12. The molecule has 3 nitrogen and oxygen atoms in total. The molecular formula is C15H18BrN3S. The number of hydrogen-bond acceptors (Lipinski definition) is 4. The molecule has 0 unspecified atom stereocenters. The lowest BCUT2D eigenvalue weighted by Crippen LogP contribution is -2.19. The summed E-state index contributed by atoms with van der Waals surface area (Å²) in [5.74, 6) is 0.666. The summed E-state index contributed by atoms with van der Waals surface area (Å²) in [6.45, 7) is 6.33. The van der Waals surface area contributed by atoms with Gasteiger partial charge in [0.15, 0.2) is 5.16 Å². The number of rotatable bonds is 6. The maximum Gasteiger partial charge on any atom is 0.192 e. The molecule has 0 aliphatic heterocycles. The first-order valence-corrected chi connectivity index (χ1v) is 8.20. The first-order valence-electron chi connectivity index (χ1n) is 6.59. The summed E-state index contributed by atoms with van der Waals surface area (Å²) in [5.41, 5.74) is 1.27. The Balaban J connectivity index is 1.98. The Morgan fingerprint density at radius 1 is 1.25 bits per heavy atom. The van der Waals surface area contributed by atoms with E-state index in [9.17, 15) is 0 Å². The first-order chi connectivity index (χ1) is 9.65. The van der Waals surface area contributed by atoms with E-state index in [4.69, 9.17) is 0 Å². The van der Waals surface area contributed by atoms with E-state index in [1.165, 1.54) is 5.56 Å². The van der Waals surface area contributed by atoms with Gasteiger partial charge < -0.3 is 5.32 Å². The molecule has 0 bridgehead atoms. The van der Waals surface area contributed by atoms with E-state index in [1.807, 2.05) is 6.07 Å². The highest BCUT2D eigenvalue weighted by atomic mass is 79.9. The van der Waals surface area contributed by atoms with Crippen molar-refractivity contribution in [2.24, 2.45) is 5.92 Å². The minimum atomic E-state index is 0.666. The third kappa shape index (κ3) is 4.89. The highest BCUT2D eigenvalue weighted by Crippen LogP contribution is 2.28. The van der Waals surface area contributed by atoms with Crippen LogP contribution in [0.4, 0.5) is 0 Å². The Hall–Kier alpha value is -0.910. The second-order valence-electron chi connectivity index (χ2n) is 4.91. The molecule has 0 amide bonds. The van der Waals surface area contributed by atoms with Gasteiger partial charge in [-0.25, -0.2) is 9.97 Å². The van der Waals surface area contributed by atoms with Crippen LogP contribution < -0.4 is 5.32 Å². The van der Waals surface area contributed by atoms with Crippen LogP contribution in [0.1, 0.15) is 19.4 Å². The molecule has 1 N–H and O–H groups in total. The lowest BCUT2D eigenvalue weighted by molar-refractivity contribution is 0.551. The average molecular weight is 352 g/mol. The Bertz CT molecular complexity index is 546. The lowest BCUT2D eigenvalue weighted by atomic mass is 10.2. The van der Waals surface area contributed by atoms with E-state index >= 15 is 0 Å². The molecule has 1 aromatic heterocycles. The molecule has 106 valence electrons. The highest BCUT2D eigenvalue weighted by molar-refractivity contribution is 9.10.